The molecule has 0 aromatic heterocycles. The molecule has 0 aromatic rings. The minimum atomic E-state index is -6.78. The van der Waals surface area contributed by atoms with Crippen molar-refractivity contribution in [3.8, 4) is 0 Å². The Morgan fingerprint density at radius 1 is 1.45 bits per heavy atom. The van der Waals surface area contributed by atoms with Crippen molar-refractivity contribution in [2.75, 3.05) is 0 Å². The van der Waals surface area contributed by atoms with Gasteiger partial charge in [-0.1, -0.05) is 0 Å². The Morgan fingerprint density at radius 2 is 1.82 bits per heavy atom. The fourth-order valence-corrected chi connectivity index (χ4v) is 3.83. The van der Waals surface area contributed by atoms with E-state index in [4.69, 9.17) is 9.79 Å². The predicted octanol–water partition coefficient (Wildman–Crippen LogP) is 1.99. The topological polar surface area (TPSA) is 49.7 Å². The van der Waals surface area contributed by atoms with Crippen molar-refractivity contribution in [3.05, 3.63) is 12.3 Å². The Hall–Kier alpha value is 0.127. The summed E-state index contributed by atoms with van der Waals surface area (Å²) in [6.45, 7) is 6.01. The average Bonchev–Trinajstić information content (AvgIpc) is 1.57. The van der Waals surface area contributed by atoms with Gasteiger partial charge in [-0.05, 0) is 0 Å². The molecule has 3 nitrogen and oxygen atoms in total. The van der Waals surface area contributed by atoms with Crippen LogP contribution in [0, 0.1) is 0 Å². The SMILES string of the molecule is C=C[Si](C)(C)OP(O)(O)(F)F. The quantitative estimate of drug-likeness (QED) is 0.546. The van der Waals surface area contributed by atoms with Crippen LogP contribution in [-0.2, 0) is 4.21 Å². The van der Waals surface area contributed by atoms with Gasteiger partial charge in [0, 0.05) is 0 Å². The molecule has 0 rings (SSSR count). The van der Waals surface area contributed by atoms with E-state index in [9.17, 15) is 8.39 Å². The van der Waals surface area contributed by atoms with Gasteiger partial charge in [0.25, 0.3) is 0 Å². The van der Waals surface area contributed by atoms with Crippen molar-refractivity contribution < 1.29 is 22.4 Å². The van der Waals surface area contributed by atoms with Crippen LogP contribution in [0.4, 0.5) is 8.39 Å². The van der Waals surface area contributed by atoms with Crippen LogP contribution in [0.25, 0.3) is 0 Å². The molecule has 0 heterocycles. The molecule has 0 amide bonds. The van der Waals surface area contributed by atoms with Gasteiger partial charge in [0.1, 0.15) is 0 Å². The van der Waals surface area contributed by atoms with Crippen molar-refractivity contribution in [1.82, 2.24) is 0 Å². The zero-order valence-electron chi connectivity index (χ0n) is 6.29. The normalized spacial score (nSPS) is 17.1. The van der Waals surface area contributed by atoms with Crippen molar-refractivity contribution in [1.29, 1.82) is 0 Å². The van der Waals surface area contributed by atoms with E-state index < -0.39 is 16.2 Å². The Kier molecular flexibility index (Phi) is 2.60. The van der Waals surface area contributed by atoms with Gasteiger partial charge in [0.15, 0.2) is 0 Å². The van der Waals surface area contributed by atoms with E-state index in [2.05, 4.69) is 10.8 Å². The Balaban J connectivity index is 4.39. The second-order valence-corrected chi connectivity index (χ2v) is 8.52. The zero-order valence-corrected chi connectivity index (χ0v) is 8.18. The molecule has 68 valence electrons. The van der Waals surface area contributed by atoms with Crippen molar-refractivity contribution >= 4 is 16.2 Å². The second-order valence-electron chi connectivity index (χ2n) is 2.66. The molecular weight excluding hydrogens is 193 g/mol. The van der Waals surface area contributed by atoms with Gasteiger partial charge >= 0.3 is 64.0 Å². The fourth-order valence-electron chi connectivity index (χ4n) is 0.426. The summed E-state index contributed by atoms with van der Waals surface area (Å²) in [7, 11) is -9.59. The Morgan fingerprint density at radius 3 is 1.91 bits per heavy atom. The van der Waals surface area contributed by atoms with E-state index in [1.807, 2.05) is 0 Å². The molecule has 0 bridgehead atoms. The van der Waals surface area contributed by atoms with Crippen LogP contribution < -0.4 is 0 Å². The molecule has 0 unspecified atom stereocenters. The zero-order chi connectivity index (χ0) is 9.36. The molecular formula is C4H11F2O3PSi. The van der Waals surface area contributed by atoms with Crippen LogP contribution in [0.15, 0.2) is 12.3 Å². The molecule has 0 aliphatic rings. The summed E-state index contributed by atoms with van der Waals surface area (Å²) < 4.78 is 28.1. The number of hydrogen-bond acceptors (Lipinski definition) is 3. The van der Waals surface area contributed by atoms with E-state index in [-0.39, 0.29) is 0 Å². The molecule has 0 spiro atoms. The van der Waals surface area contributed by atoms with E-state index in [1.165, 1.54) is 18.8 Å². The van der Waals surface area contributed by atoms with Crippen molar-refractivity contribution in [2.45, 2.75) is 13.1 Å². The van der Waals surface area contributed by atoms with Crippen LogP contribution in [0.2, 0.25) is 13.1 Å². The summed E-state index contributed by atoms with van der Waals surface area (Å²) in [6.07, 6.45) is 0. The van der Waals surface area contributed by atoms with E-state index in [0.29, 0.717) is 0 Å². The number of rotatable bonds is 3. The van der Waals surface area contributed by atoms with Gasteiger partial charge in [-0.25, -0.2) is 0 Å². The number of hydrogen-bond donors (Lipinski definition) is 2. The van der Waals surface area contributed by atoms with Gasteiger partial charge in [0.05, 0.1) is 0 Å². The number of halogens is 2. The summed E-state index contributed by atoms with van der Waals surface area (Å²) >= 11 is 0. The molecule has 0 atom stereocenters. The first-order valence-corrected chi connectivity index (χ1v) is 7.65. The molecule has 2 N–H and O–H groups in total. The molecule has 7 heteroatoms. The summed E-state index contributed by atoms with van der Waals surface area (Å²) in [6, 6.07) is 0. The summed E-state index contributed by atoms with van der Waals surface area (Å²) in [5.41, 5.74) is 1.19. The third-order valence-electron chi connectivity index (χ3n) is 0.878. The maximum absolute atomic E-state index is 12.1. The van der Waals surface area contributed by atoms with Crippen molar-refractivity contribution in [2.24, 2.45) is 0 Å². The molecule has 0 saturated carbocycles. The van der Waals surface area contributed by atoms with Crippen LogP contribution in [-0.4, -0.2) is 18.1 Å². The average molecular weight is 204 g/mol. The van der Waals surface area contributed by atoms with Gasteiger partial charge < -0.3 is 0 Å². The van der Waals surface area contributed by atoms with Crippen LogP contribution in [0.3, 0.4) is 0 Å². The molecule has 0 aromatic carbocycles. The monoisotopic (exact) mass is 204 g/mol. The predicted molar refractivity (Wildman–Crippen MR) is 42.3 cm³/mol. The molecule has 11 heavy (non-hydrogen) atoms. The maximum atomic E-state index is 12.1. The fraction of sp³-hybridized carbons (Fsp3) is 0.500. The third kappa shape index (κ3) is 6.52. The van der Waals surface area contributed by atoms with Gasteiger partial charge in [-0.3, -0.25) is 0 Å². The van der Waals surface area contributed by atoms with Gasteiger partial charge in [-0.2, -0.15) is 0 Å². The first-order chi connectivity index (χ1) is 4.52. The van der Waals surface area contributed by atoms with Crippen LogP contribution >= 0.6 is 7.91 Å². The third-order valence-corrected chi connectivity index (χ3v) is 4.95. The summed E-state index contributed by atoms with van der Waals surface area (Å²) in [5, 5.41) is 0. The molecule has 0 aliphatic carbocycles. The van der Waals surface area contributed by atoms with Crippen LogP contribution in [0.1, 0.15) is 0 Å². The van der Waals surface area contributed by atoms with Gasteiger partial charge in [-0.15, -0.1) is 0 Å². The molecule has 0 fully saturated rings. The summed E-state index contributed by atoms with van der Waals surface area (Å²) in [4.78, 5) is 16.1. The first-order valence-electron chi connectivity index (χ1n) is 2.82. The Labute approximate surface area is 64.9 Å². The van der Waals surface area contributed by atoms with E-state index >= 15 is 0 Å². The van der Waals surface area contributed by atoms with E-state index in [0.717, 1.165) is 0 Å². The Bertz CT molecular complexity index is 167. The summed E-state index contributed by atoms with van der Waals surface area (Å²) in [5.74, 6) is 0. The van der Waals surface area contributed by atoms with Crippen molar-refractivity contribution in [3.63, 3.8) is 0 Å². The molecule has 0 saturated heterocycles. The van der Waals surface area contributed by atoms with Crippen LogP contribution in [0.5, 0.6) is 0 Å². The molecule has 0 aliphatic heterocycles. The van der Waals surface area contributed by atoms with Gasteiger partial charge in [0.2, 0.25) is 0 Å². The van der Waals surface area contributed by atoms with E-state index in [1.54, 1.807) is 0 Å². The standard InChI is InChI=1S/C4H11F2O3PSi/c1-4-11(2,3)9-10(5,6,7)8/h4,7-8H,1H2,2-3H3. The first kappa shape index (κ1) is 11.1. The minimum absolute atomic E-state index is 1.19. The second kappa shape index (κ2) is 2.57. The molecule has 0 radical (unpaired) electrons.